The van der Waals surface area contributed by atoms with Gasteiger partial charge in [-0.25, -0.2) is 0 Å². The lowest BCUT2D eigenvalue weighted by Crippen LogP contribution is -2.13. The lowest BCUT2D eigenvalue weighted by molar-refractivity contribution is 0.101. The first-order valence-corrected chi connectivity index (χ1v) is 12.1. The van der Waals surface area contributed by atoms with Crippen LogP contribution >= 0.6 is 0 Å². The quantitative estimate of drug-likeness (QED) is 0.310. The molecule has 0 bridgehead atoms. The van der Waals surface area contributed by atoms with E-state index in [4.69, 9.17) is 0 Å². The van der Waals surface area contributed by atoms with E-state index in [2.05, 4.69) is 34.9 Å². The smallest absolute Gasteiger partial charge is 0.255 e. The maximum atomic E-state index is 12.8. The number of hydrogen-bond acceptors (Lipinski definition) is 2. The van der Waals surface area contributed by atoms with Crippen molar-refractivity contribution < 1.29 is 9.59 Å². The molecule has 4 rings (SSSR count). The lowest BCUT2D eigenvalue weighted by atomic mass is 9.99. The topological polar surface area (TPSA) is 58.2 Å². The second-order valence-corrected chi connectivity index (χ2v) is 9.72. The maximum Gasteiger partial charge on any atom is 0.255 e. The number of hydrogen-bond donors (Lipinski definition) is 2. The Morgan fingerprint density at radius 3 is 1.11 bits per heavy atom. The van der Waals surface area contributed by atoms with E-state index in [1.807, 2.05) is 90.1 Å². The molecule has 4 heteroatoms. The molecule has 0 aliphatic carbocycles. The molecule has 182 valence electrons. The third kappa shape index (κ3) is 5.72. The second kappa shape index (κ2) is 10.2. The van der Waals surface area contributed by atoms with Gasteiger partial charge in [0, 0.05) is 22.5 Å². The Hall–Kier alpha value is -4.18. The number of benzene rings is 4. The molecule has 0 saturated heterocycles. The fourth-order valence-electron chi connectivity index (χ4n) is 4.57. The molecule has 4 aromatic carbocycles. The second-order valence-electron chi connectivity index (χ2n) is 9.72. The minimum Gasteiger partial charge on any atom is -0.322 e. The van der Waals surface area contributed by atoms with Crippen molar-refractivity contribution in [1.29, 1.82) is 0 Å². The van der Waals surface area contributed by atoms with Gasteiger partial charge in [-0.15, -0.1) is 0 Å². The number of nitrogens with one attached hydrogen (secondary N) is 2. The summed E-state index contributed by atoms with van der Waals surface area (Å²) in [7, 11) is 0. The largest absolute Gasteiger partial charge is 0.322 e. The van der Waals surface area contributed by atoms with E-state index in [0.717, 1.165) is 55.9 Å². The Bertz CT molecular complexity index is 1330. The molecule has 0 atom stereocenters. The fourth-order valence-corrected chi connectivity index (χ4v) is 4.57. The predicted octanol–water partition coefficient (Wildman–Crippen LogP) is 7.71. The van der Waals surface area contributed by atoms with Gasteiger partial charge in [0.05, 0.1) is 0 Å². The van der Waals surface area contributed by atoms with Gasteiger partial charge in [0.1, 0.15) is 0 Å². The summed E-state index contributed by atoms with van der Waals surface area (Å²) in [4.78, 5) is 25.6. The van der Waals surface area contributed by atoms with Crippen molar-refractivity contribution >= 4 is 23.2 Å². The van der Waals surface area contributed by atoms with E-state index in [9.17, 15) is 9.59 Å². The highest BCUT2D eigenvalue weighted by atomic mass is 16.2. The monoisotopic (exact) mass is 476 g/mol. The van der Waals surface area contributed by atoms with Gasteiger partial charge in [-0.3, -0.25) is 9.59 Å². The van der Waals surface area contributed by atoms with Crippen LogP contribution in [-0.2, 0) is 0 Å². The summed E-state index contributed by atoms with van der Waals surface area (Å²) >= 11 is 0. The van der Waals surface area contributed by atoms with E-state index in [0.29, 0.717) is 11.1 Å². The number of rotatable bonds is 5. The molecule has 0 spiro atoms. The third-order valence-corrected chi connectivity index (χ3v) is 6.25. The van der Waals surface area contributed by atoms with Crippen LogP contribution < -0.4 is 10.6 Å². The van der Waals surface area contributed by atoms with Crippen molar-refractivity contribution in [1.82, 2.24) is 0 Å². The first-order chi connectivity index (χ1) is 17.1. The molecule has 0 unspecified atom stereocenters. The van der Waals surface area contributed by atoms with E-state index < -0.39 is 0 Å². The molecular formula is C32H32N2O2. The Morgan fingerprint density at radius 1 is 0.472 bits per heavy atom. The summed E-state index contributed by atoms with van der Waals surface area (Å²) < 4.78 is 0. The van der Waals surface area contributed by atoms with E-state index in [-0.39, 0.29) is 11.8 Å². The number of carbonyl (C=O) groups is 2. The minimum absolute atomic E-state index is 0.114. The summed E-state index contributed by atoms with van der Waals surface area (Å²) in [6, 6.07) is 23.7. The van der Waals surface area contributed by atoms with E-state index in [1.165, 1.54) is 0 Å². The van der Waals surface area contributed by atoms with Gasteiger partial charge in [-0.2, -0.15) is 0 Å². The van der Waals surface area contributed by atoms with Gasteiger partial charge in [0.15, 0.2) is 0 Å². The van der Waals surface area contributed by atoms with Gasteiger partial charge in [-0.05, 0) is 112 Å². The van der Waals surface area contributed by atoms with Crippen LogP contribution in [0.2, 0.25) is 0 Å². The van der Waals surface area contributed by atoms with Crippen LogP contribution in [0.5, 0.6) is 0 Å². The first kappa shape index (κ1) is 24.9. The molecule has 2 amide bonds. The van der Waals surface area contributed by atoms with Crippen molar-refractivity contribution in [2.45, 2.75) is 41.5 Å². The van der Waals surface area contributed by atoms with Crippen LogP contribution in [0.25, 0.3) is 11.1 Å². The highest BCUT2D eigenvalue weighted by Gasteiger charge is 2.12. The number of aryl methyl sites for hydroxylation is 6. The molecule has 0 radical (unpaired) electrons. The number of anilines is 2. The van der Waals surface area contributed by atoms with Gasteiger partial charge in [0.2, 0.25) is 0 Å². The Labute approximate surface area is 213 Å². The van der Waals surface area contributed by atoms with Gasteiger partial charge < -0.3 is 10.6 Å². The van der Waals surface area contributed by atoms with Gasteiger partial charge in [0.25, 0.3) is 11.8 Å². The van der Waals surface area contributed by atoms with E-state index >= 15 is 0 Å². The summed E-state index contributed by atoms with van der Waals surface area (Å²) in [6.07, 6.45) is 0. The van der Waals surface area contributed by atoms with Crippen molar-refractivity contribution in [3.05, 3.63) is 117 Å². The maximum absolute atomic E-state index is 12.8. The van der Waals surface area contributed by atoms with Crippen LogP contribution in [0.3, 0.4) is 0 Å². The van der Waals surface area contributed by atoms with Gasteiger partial charge in [-0.1, -0.05) is 46.5 Å². The molecule has 0 fully saturated rings. The molecule has 0 aromatic heterocycles. The Kier molecular flexibility index (Phi) is 7.07. The van der Waals surface area contributed by atoms with E-state index in [1.54, 1.807) is 0 Å². The van der Waals surface area contributed by atoms with Gasteiger partial charge >= 0.3 is 0 Å². The number of carbonyl (C=O) groups excluding carboxylic acids is 2. The average molecular weight is 477 g/mol. The fraction of sp³-hybridized carbons (Fsp3) is 0.188. The molecular weight excluding hydrogens is 444 g/mol. The zero-order chi connectivity index (χ0) is 26.0. The molecule has 0 heterocycles. The Balaban J connectivity index is 1.50. The summed E-state index contributed by atoms with van der Waals surface area (Å²) in [5, 5.41) is 6.08. The van der Waals surface area contributed by atoms with Crippen LogP contribution in [0.4, 0.5) is 11.4 Å². The molecule has 36 heavy (non-hydrogen) atoms. The minimum atomic E-state index is -0.114. The van der Waals surface area contributed by atoms with Crippen molar-refractivity contribution in [2.24, 2.45) is 0 Å². The van der Waals surface area contributed by atoms with Crippen molar-refractivity contribution in [2.75, 3.05) is 10.6 Å². The SMILES string of the molecule is Cc1cc(C)cc(C(=O)Nc2ccc(-c3ccc(NC(=O)c4cc(C)cc(C)c4)c(C)c3)cc2C)c1. The predicted molar refractivity (Wildman–Crippen MR) is 149 cm³/mol. The third-order valence-electron chi connectivity index (χ3n) is 6.25. The molecule has 0 saturated carbocycles. The zero-order valence-corrected chi connectivity index (χ0v) is 21.7. The Morgan fingerprint density at radius 2 is 0.806 bits per heavy atom. The molecule has 0 aliphatic rings. The molecule has 2 N–H and O–H groups in total. The lowest BCUT2D eigenvalue weighted by Gasteiger charge is -2.14. The summed E-state index contributed by atoms with van der Waals surface area (Å²) in [5.74, 6) is -0.227. The zero-order valence-electron chi connectivity index (χ0n) is 21.7. The van der Waals surface area contributed by atoms with Crippen LogP contribution in [0.1, 0.15) is 54.1 Å². The molecule has 0 aliphatic heterocycles. The van der Waals surface area contributed by atoms with Crippen LogP contribution in [-0.4, -0.2) is 11.8 Å². The summed E-state index contributed by atoms with van der Waals surface area (Å²) in [5.41, 5.74) is 11.2. The van der Waals surface area contributed by atoms with Crippen LogP contribution in [0, 0.1) is 41.5 Å². The average Bonchev–Trinajstić information content (AvgIpc) is 2.80. The first-order valence-electron chi connectivity index (χ1n) is 12.1. The highest BCUT2D eigenvalue weighted by Crippen LogP contribution is 2.29. The van der Waals surface area contributed by atoms with Crippen LogP contribution in [0.15, 0.2) is 72.8 Å². The van der Waals surface area contributed by atoms with Crippen molar-refractivity contribution in [3.8, 4) is 11.1 Å². The molecule has 4 aromatic rings. The molecule has 4 nitrogen and oxygen atoms in total. The standard InChI is InChI=1S/C32H32N2O2/c1-19-11-20(2)14-27(13-19)31(35)33-29-9-7-25(17-23(29)5)26-8-10-30(24(6)18-26)34-32(36)28-15-21(3)12-22(4)16-28/h7-18H,1-6H3,(H,33,35)(H,34,36). The highest BCUT2D eigenvalue weighted by molar-refractivity contribution is 6.05. The normalized spacial score (nSPS) is 10.7. The summed E-state index contributed by atoms with van der Waals surface area (Å²) in [6.45, 7) is 12.0. The number of amides is 2. The van der Waals surface area contributed by atoms with Crippen molar-refractivity contribution in [3.63, 3.8) is 0 Å².